The van der Waals surface area contributed by atoms with Crippen molar-refractivity contribution in [1.82, 2.24) is 15.2 Å². The number of hydrogen-bond donors (Lipinski definition) is 1. The Kier molecular flexibility index (Phi) is 7.53. The maximum Gasteiger partial charge on any atom is 0.277 e. The first-order chi connectivity index (χ1) is 16.6. The van der Waals surface area contributed by atoms with Crippen molar-refractivity contribution in [3.8, 4) is 23.3 Å². The van der Waals surface area contributed by atoms with Gasteiger partial charge in [-0.1, -0.05) is 48.2 Å². The monoisotopic (exact) mass is 471 g/mol. The molecule has 0 atom stereocenters. The zero-order chi connectivity index (χ0) is 23.8. The first-order valence-corrected chi connectivity index (χ1v) is 11.5. The summed E-state index contributed by atoms with van der Waals surface area (Å²) >= 11 is 1.37. The molecule has 0 saturated heterocycles. The molecule has 34 heavy (non-hydrogen) atoms. The summed E-state index contributed by atoms with van der Waals surface area (Å²) in [4.78, 5) is 16.5. The fraction of sp³-hybridized carbons (Fsp3) is 0.160. The van der Waals surface area contributed by atoms with Crippen LogP contribution in [0.25, 0.3) is 11.5 Å². The zero-order valence-electron chi connectivity index (χ0n) is 18.4. The standard InChI is InChI=1S/C25H21N5O3S/c1-32-21-9-7-18(13-20(21)15-26)16-34-25-30-29-24(33-25)19-11-12-27-22(14-19)28-23(31)10-8-17-5-3-2-4-6-17/h2-7,9,11-14H,8,10,16H2,1H3,(H,27,28,31). The molecule has 0 aliphatic heterocycles. The highest BCUT2D eigenvalue weighted by Crippen LogP contribution is 2.28. The van der Waals surface area contributed by atoms with Gasteiger partial charge < -0.3 is 14.5 Å². The van der Waals surface area contributed by atoms with Gasteiger partial charge in [-0.15, -0.1) is 10.2 Å². The Balaban J connectivity index is 1.35. The normalized spacial score (nSPS) is 10.5. The maximum absolute atomic E-state index is 12.3. The van der Waals surface area contributed by atoms with Crippen molar-refractivity contribution in [3.05, 3.63) is 83.6 Å². The number of thioether (sulfide) groups is 1. The molecule has 2 aromatic heterocycles. The third-order valence-electron chi connectivity index (χ3n) is 4.91. The predicted molar refractivity (Wildman–Crippen MR) is 128 cm³/mol. The van der Waals surface area contributed by atoms with Crippen LogP contribution in [0.5, 0.6) is 5.75 Å². The lowest BCUT2D eigenvalue weighted by Gasteiger charge is -2.05. The Bertz CT molecular complexity index is 1320. The number of pyridine rings is 1. The fourth-order valence-corrected chi connectivity index (χ4v) is 3.91. The molecule has 0 fully saturated rings. The third kappa shape index (κ3) is 5.99. The number of carbonyl (C=O) groups excluding carboxylic acids is 1. The van der Waals surface area contributed by atoms with Crippen LogP contribution >= 0.6 is 11.8 Å². The summed E-state index contributed by atoms with van der Waals surface area (Å²) in [6.45, 7) is 0. The van der Waals surface area contributed by atoms with E-state index in [1.165, 1.54) is 18.9 Å². The average molecular weight is 472 g/mol. The summed E-state index contributed by atoms with van der Waals surface area (Å²) in [6.07, 6.45) is 2.59. The van der Waals surface area contributed by atoms with E-state index >= 15 is 0 Å². The lowest BCUT2D eigenvalue weighted by molar-refractivity contribution is -0.116. The second kappa shape index (κ2) is 11.1. The minimum Gasteiger partial charge on any atom is -0.495 e. The fourth-order valence-electron chi connectivity index (χ4n) is 3.20. The molecule has 170 valence electrons. The van der Waals surface area contributed by atoms with Crippen LogP contribution in [0.1, 0.15) is 23.1 Å². The molecule has 8 nitrogen and oxygen atoms in total. The lowest BCUT2D eigenvalue weighted by atomic mass is 10.1. The molecule has 1 amide bonds. The molecule has 0 spiro atoms. The van der Waals surface area contributed by atoms with Crippen molar-refractivity contribution < 1.29 is 13.9 Å². The number of rotatable bonds is 9. The van der Waals surface area contributed by atoms with Crippen molar-refractivity contribution in [3.63, 3.8) is 0 Å². The van der Waals surface area contributed by atoms with Crippen LogP contribution < -0.4 is 10.1 Å². The molecule has 0 radical (unpaired) electrons. The highest BCUT2D eigenvalue weighted by molar-refractivity contribution is 7.98. The Labute approximate surface area is 201 Å². The molecule has 0 bridgehead atoms. The molecule has 2 heterocycles. The lowest BCUT2D eigenvalue weighted by Crippen LogP contribution is -2.13. The van der Waals surface area contributed by atoms with Gasteiger partial charge in [0.2, 0.25) is 11.8 Å². The van der Waals surface area contributed by atoms with Crippen LogP contribution in [0, 0.1) is 11.3 Å². The summed E-state index contributed by atoms with van der Waals surface area (Å²) in [5, 5.41) is 20.6. The number of carbonyl (C=O) groups is 1. The van der Waals surface area contributed by atoms with E-state index in [-0.39, 0.29) is 5.91 Å². The van der Waals surface area contributed by atoms with E-state index in [1.54, 1.807) is 30.5 Å². The largest absolute Gasteiger partial charge is 0.495 e. The number of nitrogens with one attached hydrogen (secondary N) is 1. The van der Waals surface area contributed by atoms with Crippen LogP contribution in [0.3, 0.4) is 0 Å². The van der Waals surface area contributed by atoms with Crippen LogP contribution in [0.2, 0.25) is 0 Å². The van der Waals surface area contributed by atoms with Gasteiger partial charge in [-0.2, -0.15) is 5.26 Å². The first kappa shape index (κ1) is 23.0. The number of aromatic nitrogens is 3. The Morgan fingerprint density at radius 3 is 2.76 bits per heavy atom. The van der Waals surface area contributed by atoms with Crippen molar-refractivity contribution in [2.24, 2.45) is 0 Å². The van der Waals surface area contributed by atoms with Gasteiger partial charge in [-0.3, -0.25) is 4.79 Å². The number of amides is 1. The Morgan fingerprint density at radius 2 is 1.97 bits per heavy atom. The molecule has 0 saturated carbocycles. The topological polar surface area (TPSA) is 114 Å². The number of anilines is 1. The van der Waals surface area contributed by atoms with Crippen molar-refractivity contribution in [1.29, 1.82) is 5.26 Å². The molecule has 4 rings (SSSR count). The van der Waals surface area contributed by atoms with E-state index in [2.05, 4.69) is 26.6 Å². The highest BCUT2D eigenvalue weighted by Gasteiger charge is 2.12. The van der Waals surface area contributed by atoms with Crippen LogP contribution in [-0.2, 0) is 17.0 Å². The summed E-state index contributed by atoms with van der Waals surface area (Å²) in [6, 6.07) is 20.8. The van der Waals surface area contributed by atoms with Gasteiger partial charge in [0.05, 0.1) is 12.7 Å². The molecule has 2 aromatic carbocycles. The summed E-state index contributed by atoms with van der Waals surface area (Å²) in [7, 11) is 1.53. The van der Waals surface area contributed by atoms with Crippen molar-refractivity contribution >= 4 is 23.5 Å². The van der Waals surface area contributed by atoms with E-state index in [0.29, 0.717) is 52.4 Å². The van der Waals surface area contributed by atoms with Gasteiger partial charge in [0, 0.05) is 23.9 Å². The minimum atomic E-state index is -0.119. The van der Waals surface area contributed by atoms with Gasteiger partial charge in [0.1, 0.15) is 17.6 Å². The maximum atomic E-state index is 12.3. The van der Waals surface area contributed by atoms with E-state index in [4.69, 9.17) is 9.15 Å². The van der Waals surface area contributed by atoms with Crippen molar-refractivity contribution in [2.75, 3.05) is 12.4 Å². The van der Waals surface area contributed by atoms with Gasteiger partial charge in [-0.25, -0.2) is 4.98 Å². The van der Waals surface area contributed by atoms with Crippen LogP contribution in [-0.4, -0.2) is 28.2 Å². The van der Waals surface area contributed by atoms with E-state index in [0.717, 1.165) is 11.1 Å². The van der Waals surface area contributed by atoms with E-state index < -0.39 is 0 Å². The van der Waals surface area contributed by atoms with Crippen molar-refractivity contribution in [2.45, 2.75) is 23.8 Å². The molecule has 0 aliphatic rings. The SMILES string of the molecule is COc1ccc(CSc2nnc(-c3ccnc(NC(=O)CCc4ccccc4)c3)o2)cc1C#N. The summed E-state index contributed by atoms with van der Waals surface area (Å²) < 4.78 is 10.9. The second-order valence-electron chi connectivity index (χ2n) is 7.27. The molecular formula is C25H21N5O3S. The molecule has 1 N–H and O–H groups in total. The third-order valence-corrected chi connectivity index (χ3v) is 5.80. The number of methoxy groups -OCH3 is 1. The zero-order valence-corrected chi connectivity index (χ0v) is 19.2. The Hall–Kier alpha value is -4.16. The van der Waals surface area contributed by atoms with Gasteiger partial charge >= 0.3 is 0 Å². The van der Waals surface area contributed by atoms with E-state index in [1.807, 2.05) is 36.4 Å². The number of ether oxygens (including phenoxy) is 1. The minimum absolute atomic E-state index is 0.119. The number of nitriles is 1. The first-order valence-electron chi connectivity index (χ1n) is 10.5. The molecule has 4 aromatic rings. The highest BCUT2D eigenvalue weighted by atomic mass is 32.2. The number of benzene rings is 2. The van der Waals surface area contributed by atoms with Gasteiger partial charge in [0.15, 0.2) is 0 Å². The molecular weight excluding hydrogens is 450 g/mol. The number of aryl methyl sites for hydroxylation is 1. The quantitative estimate of drug-likeness (QED) is 0.344. The second-order valence-corrected chi connectivity index (χ2v) is 8.20. The van der Waals surface area contributed by atoms with Crippen LogP contribution in [0.4, 0.5) is 5.82 Å². The van der Waals surface area contributed by atoms with Gasteiger partial charge in [-0.05, 0) is 41.8 Å². The van der Waals surface area contributed by atoms with E-state index in [9.17, 15) is 10.1 Å². The molecule has 0 unspecified atom stereocenters. The molecule has 9 heteroatoms. The summed E-state index contributed by atoms with van der Waals surface area (Å²) in [5.74, 6) is 1.73. The Morgan fingerprint density at radius 1 is 1.12 bits per heavy atom. The summed E-state index contributed by atoms with van der Waals surface area (Å²) in [5.41, 5.74) is 3.17. The van der Waals surface area contributed by atoms with Gasteiger partial charge in [0.25, 0.3) is 5.22 Å². The predicted octanol–water partition coefficient (Wildman–Crippen LogP) is 4.88. The smallest absolute Gasteiger partial charge is 0.277 e. The number of nitrogens with zero attached hydrogens (tertiary/aromatic N) is 4. The number of hydrogen-bond acceptors (Lipinski definition) is 8. The average Bonchev–Trinajstić information content (AvgIpc) is 3.36. The molecule has 0 aliphatic carbocycles. The van der Waals surface area contributed by atoms with Crippen LogP contribution in [0.15, 0.2) is 76.5 Å².